The van der Waals surface area contributed by atoms with Crippen LogP contribution in [0.1, 0.15) is 31.4 Å². The number of methoxy groups -OCH3 is 1. The van der Waals surface area contributed by atoms with Gasteiger partial charge in [-0.15, -0.1) is 0 Å². The molecule has 0 unspecified atom stereocenters. The Labute approximate surface area is 163 Å². The maximum atomic E-state index is 10.5. The number of ether oxygens (including phenoxy) is 2. The molecule has 0 radical (unpaired) electrons. The van der Waals surface area contributed by atoms with Crippen molar-refractivity contribution in [1.29, 1.82) is 0 Å². The monoisotopic (exact) mass is 371 g/mol. The molecule has 2 aromatic carbocycles. The minimum absolute atomic E-state index is 0.293. The molecule has 4 nitrogen and oxygen atoms in total. The standard InChI is InChI=1S/C23H33NO3/c1-18(2)12-13-24(15-20-9-7-10-22(14-20)26-4)16-21(25)17-27-23-11-6-5-8-19(23)3/h5-11,14,18,21,25H,12-13,15-17H2,1-4H3/t21-/m1/s1. The van der Waals surface area contributed by atoms with Crippen molar-refractivity contribution in [3.63, 3.8) is 0 Å². The topological polar surface area (TPSA) is 41.9 Å². The van der Waals surface area contributed by atoms with E-state index in [1.807, 2.05) is 43.3 Å². The molecule has 0 aliphatic rings. The third kappa shape index (κ3) is 7.61. The number of nitrogens with zero attached hydrogens (tertiary/aromatic N) is 1. The van der Waals surface area contributed by atoms with Gasteiger partial charge >= 0.3 is 0 Å². The lowest BCUT2D eigenvalue weighted by atomic mass is 10.1. The lowest BCUT2D eigenvalue weighted by molar-refractivity contribution is 0.0637. The number of aryl methyl sites for hydroxylation is 1. The highest BCUT2D eigenvalue weighted by atomic mass is 16.5. The molecule has 2 aromatic rings. The van der Waals surface area contributed by atoms with Gasteiger partial charge in [-0.05, 0) is 55.1 Å². The summed E-state index contributed by atoms with van der Waals surface area (Å²) >= 11 is 0. The van der Waals surface area contributed by atoms with Crippen LogP contribution in [0.3, 0.4) is 0 Å². The molecule has 0 bridgehead atoms. The van der Waals surface area contributed by atoms with Crippen LogP contribution in [0.4, 0.5) is 0 Å². The van der Waals surface area contributed by atoms with Gasteiger partial charge in [0, 0.05) is 13.1 Å². The number of aliphatic hydroxyl groups excluding tert-OH is 1. The van der Waals surface area contributed by atoms with Crippen molar-refractivity contribution in [3.05, 3.63) is 59.7 Å². The molecule has 0 heterocycles. The van der Waals surface area contributed by atoms with Crippen LogP contribution < -0.4 is 9.47 Å². The Morgan fingerprint density at radius 3 is 2.56 bits per heavy atom. The van der Waals surface area contributed by atoms with E-state index in [0.29, 0.717) is 19.1 Å². The molecule has 1 atom stereocenters. The van der Waals surface area contributed by atoms with Gasteiger partial charge in [0.1, 0.15) is 24.2 Å². The maximum Gasteiger partial charge on any atom is 0.122 e. The Morgan fingerprint density at radius 1 is 1.07 bits per heavy atom. The average Bonchev–Trinajstić information content (AvgIpc) is 2.65. The van der Waals surface area contributed by atoms with Crippen LogP contribution in [0, 0.1) is 12.8 Å². The fourth-order valence-electron chi connectivity index (χ4n) is 2.96. The first-order valence-corrected chi connectivity index (χ1v) is 9.69. The maximum absolute atomic E-state index is 10.5. The smallest absolute Gasteiger partial charge is 0.122 e. The van der Waals surface area contributed by atoms with Gasteiger partial charge in [0.15, 0.2) is 0 Å². The van der Waals surface area contributed by atoms with Crippen molar-refractivity contribution >= 4 is 0 Å². The van der Waals surface area contributed by atoms with Crippen molar-refractivity contribution in [1.82, 2.24) is 4.90 Å². The summed E-state index contributed by atoms with van der Waals surface area (Å²) in [5, 5.41) is 10.5. The summed E-state index contributed by atoms with van der Waals surface area (Å²) in [6.45, 7) is 9.06. The SMILES string of the molecule is COc1cccc(CN(CCC(C)C)C[C@@H](O)COc2ccccc2C)c1. The van der Waals surface area contributed by atoms with E-state index in [-0.39, 0.29) is 0 Å². The highest BCUT2D eigenvalue weighted by molar-refractivity contribution is 5.31. The summed E-state index contributed by atoms with van der Waals surface area (Å²) in [6.07, 6.45) is 0.553. The number of rotatable bonds is 11. The molecule has 0 aromatic heterocycles. The molecule has 0 aliphatic heterocycles. The lowest BCUT2D eigenvalue weighted by Gasteiger charge is -2.26. The van der Waals surface area contributed by atoms with Crippen LogP contribution >= 0.6 is 0 Å². The predicted octanol–water partition coefficient (Wildman–Crippen LogP) is 4.29. The molecule has 0 amide bonds. The highest BCUT2D eigenvalue weighted by Gasteiger charge is 2.14. The number of hydrogen-bond acceptors (Lipinski definition) is 4. The number of hydrogen-bond donors (Lipinski definition) is 1. The molecule has 0 saturated carbocycles. The van der Waals surface area contributed by atoms with E-state index < -0.39 is 6.10 Å². The van der Waals surface area contributed by atoms with E-state index >= 15 is 0 Å². The second-order valence-electron chi connectivity index (χ2n) is 7.50. The van der Waals surface area contributed by atoms with Crippen molar-refractivity contribution in [2.24, 2.45) is 5.92 Å². The molecule has 148 valence electrons. The lowest BCUT2D eigenvalue weighted by Crippen LogP contribution is -2.36. The Kier molecular flexibility index (Phi) is 8.62. The fourth-order valence-corrected chi connectivity index (χ4v) is 2.96. The Bertz CT molecular complexity index is 687. The summed E-state index contributed by atoms with van der Waals surface area (Å²) in [6, 6.07) is 16.0. The minimum atomic E-state index is -0.539. The zero-order valence-electron chi connectivity index (χ0n) is 17.0. The minimum Gasteiger partial charge on any atom is -0.497 e. The molecule has 0 aliphatic carbocycles. The van der Waals surface area contributed by atoms with Crippen LogP contribution in [0.5, 0.6) is 11.5 Å². The van der Waals surface area contributed by atoms with Gasteiger partial charge in [0.2, 0.25) is 0 Å². The van der Waals surface area contributed by atoms with Crippen LogP contribution in [-0.2, 0) is 6.54 Å². The van der Waals surface area contributed by atoms with Gasteiger partial charge in [-0.1, -0.05) is 44.2 Å². The summed E-state index contributed by atoms with van der Waals surface area (Å²) < 4.78 is 11.1. The van der Waals surface area contributed by atoms with Crippen LogP contribution in [0.25, 0.3) is 0 Å². The zero-order chi connectivity index (χ0) is 19.6. The zero-order valence-corrected chi connectivity index (χ0v) is 17.0. The Morgan fingerprint density at radius 2 is 1.85 bits per heavy atom. The number of para-hydroxylation sites is 1. The number of aliphatic hydroxyl groups is 1. The van der Waals surface area contributed by atoms with Gasteiger partial charge in [-0.2, -0.15) is 0 Å². The molecule has 0 fully saturated rings. The Hall–Kier alpha value is -2.04. The van der Waals surface area contributed by atoms with Crippen LogP contribution in [0.2, 0.25) is 0 Å². The molecule has 4 heteroatoms. The summed E-state index contributed by atoms with van der Waals surface area (Å²) in [5.41, 5.74) is 2.27. The molecule has 1 N–H and O–H groups in total. The summed E-state index contributed by atoms with van der Waals surface area (Å²) in [5.74, 6) is 2.32. The molecular weight excluding hydrogens is 338 g/mol. The molecule has 0 spiro atoms. The highest BCUT2D eigenvalue weighted by Crippen LogP contribution is 2.18. The average molecular weight is 372 g/mol. The third-order valence-electron chi connectivity index (χ3n) is 4.56. The van der Waals surface area contributed by atoms with E-state index in [1.165, 1.54) is 5.56 Å². The fraction of sp³-hybridized carbons (Fsp3) is 0.478. The van der Waals surface area contributed by atoms with Gasteiger partial charge < -0.3 is 14.6 Å². The largest absolute Gasteiger partial charge is 0.497 e. The first-order chi connectivity index (χ1) is 13.0. The van der Waals surface area contributed by atoms with E-state index in [4.69, 9.17) is 9.47 Å². The normalized spacial score (nSPS) is 12.4. The first kappa shape index (κ1) is 21.3. The van der Waals surface area contributed by atoms with Gasteiger partial charge in [0.25, 0.3) is 0 Å². The van der Waals surface area contributed by atoms with Crippen molar-refractivity contribution in [2.45, 2.75) is 39.8 Å². The quantitative estimate of drug-likeness (QED) is 0.640. The second kappa shape index (κ2) is 11.0. The van der Waals surface area contributed by atoms with Gasteiger partial charge in [-0.25, -0.2) is 0 Å². The third-order valence-corrected chi connectivity index (χ3v) is 4.56. The van der Waals surface area contributed by atoms with E-state index in [0.717, 1.165) is 36.6 Å². The van der Waals surface area contributed by atoms with E-state index in [2.05, 4.69) is 30.9 Å². The number of benzene rings is 2. The predicted molar refractivity (Wildman–Crippen MR) is 110 cm³/mol. The first-order valence-electron chi connectivity index (χ1n) is 9.69. The van der Waals surface area contributed by atoms with Gasteiger partial charge in [-0.3, -0.25) is 4.90 Å². The molecule has 2 rings (SSSR count). The van der Waals surface area contributed by atoms with Crippen molar-refractivity contribution < 1.29 is 14.6 Å². The van der Waals surface area contributed by atoms with E-state index in [1.54, 1.807) is 7.11 Å². The Balaban J connectivity index is 1.94. The van der Waals surface area contributed by atoms with Crippen molar-refractivity contribution in [2.75, 3.05) is 26.8 Å². The van der Waals surface area contributed by atoms with Crippen molar-refractivity contribution in [3.8, 4) is 11.5 Å². The van der Waals surface area contributed by atoms with Gasteiger partial charge in [0.05, 0.1) is 7.11 Å². The van der Waals surface area contributed by atoms with Crippen LogP contribution in [0.15, 0.2) is 48.5 Å². The second-order valence-corrected chi connectivity index (χ2v) is 7.50. The summed E-state index contributed by atoms with van der Waals surface area (Å²) in [4.78, 5) is 2.29. The van der Waals surface area contributed by atoms with E-state index in [9.17, 15) is 5.11 Å². The molecule has 0 saturated heterocycles. The molecule has 27 heavy (non-hydrogen) atoms. The molecular formula is C23H33NO3. The van der Waals surface area contributed by atoms with Crippen LogP contribution in [-0.4, -0.2) is 42.9 Å². The summed E-state index contributed by atoms with van der Waals surface area (Å²) in [7, 11) is 1.68.